The molecular formula is C38H60ClN5O4. The first-order valence-electron chi connectivity index (χ1n) is 19.2. The Morgan fingerprint density at radius 1 is 1.02 bits per heavy atom. The van der Waals surface area contributed by atoms with Crippen molar-refractivity contribution < 1.29 is 19.5 Å². The van der Waals surface area contributed by atoms with E-state index in [4.69, 9.17) is 11.6 Å². The Balaban J connectivity index is 1.09. The summed E-state index contributed by atoms with van der Waals surface area (Å²) < 4.78 is 0. The minimum absolute atomic E-state index is 0.0628. The van der Waals surface area contributed by atoms with Crippen molar-refractivity contribution in [1.29, 1.82) is 0 Å². The quantitative estimate of drug-likeness (QED) is 0.297. The topological polar surface area (TPSA) is 105 Å². The second-order valence-corrected chi connectivity index (χ2v) is 18.3. The Labute approximate surface area is 292 Å². The van der Waals surface area contributed by atoms with Crippen LogP contribution in [0.3, 0.4) is 0 Å². The minimum Gasteiger partial charge on any atom is -0.391 e. The van der Waals surface area contributed by atoms with E-state index >= 15 is 0 Å². The third-order valence-corrected chi connectivity index (χ3v) is 14.2. The highest BCUT2D eigenvalue weighted by atomic mass is 35.5. The summed E-state index contributed by atoms with van der Waals surface area (Å²) in [5.74, 6) is 1.41. The lowest BCUT2D eigenvalue weighted by molar-refractivity contribution is -0.171. The van der Waals surface area contributed by atoms with Gasteiger partial charge in [0.15, 0.2) is 0 Å². The van der Waals surface area contributed by atoms with Crippen molar-refractivity contribution >= 4 is 29.3 Å². The molecule has 10 heteroatoms. The maximum absolute atomic E-state index is 14.7. The molecule has 1 saturated heterocycles. The molecule has 0 spiro atoms. The van der Waals surface area contributed by atoms with Crippen LogP contribution in [0.2, 0.25) is 0 Å². The number of nitrogens with one attached hydrogen (secondary N) is 2. The van der Waals surface area contributed by atoms with Crippen LogP contribution in [-0.4, -0.2) is 108 Å². The molecule has 9 nitrogen and oxygen atoms in total. The van der Waals surface area contributed by atoms with Gasteiger partial charge in [0.25, 0.3) is 0 Å². The molecular weight excluding hydrogens is 626 g/mol. The number of alkyl halides is 1. The third-order valence-electron chi connectivity index (χ3n) is 13.6. The lowest BCUT2D eigenvalue weighted by Crippen LogP contribution is -2.62. The van der Waals surface area contributed by atoms with Crippen LogP contribution < -0.4 is 10.6 Å². The number of aliphatic hydroxyl groups excluding tert-OH is 1. The number of hydrogen-bond acceptors (Lipinski definition) is 6. The highest BCUT2D eigenvalue weighted by molar-refractivity contribution is 6.20. The number of fused-ring (bicyclic) bond motifs is 1. The van der Waals surface area contributed by atoms with Crippen LogP contribution in [0.15, 0.2) is 11.8 Å². The number of halogens is 1. The number of likely N-dealkylation sites (tertiary alicyclic amines) is 1. The molecule has 268 valence electrons. The Morgan fingerprint density at radius 3 is 2.46 bits per heavy atom. The van der Waals surface area contributed by atoms with Gasteiger partial charge >= 0.3 is 0 Å². The van der Waals surface area contributed by atoms with Gasteiger partial charge in [-0.25, -0.2) is 0 Å². The molecule has 7 fully saturated rings. The molecule has 3 amide bonds. The summed E-state index contributed by atoms with van der Waals surface area (Å²) in [6, 6.07) is -1.09. The molecule has 3 N–H and O–H groups in total. The lowest BCUT2D eigenvalue weighted by Gasteiger charge is -2.62. The highest BCUT2D eigenvalue weighted by Gasteiger charge is 2.62. The molecule has 0 radical (unpaired) electrons. The predicted octanol–water partition coefficient (Wildman–Crippen LogP) is 4.27. The molecule has 48 heavy (non-hydrogen) atoms. The number of hydrogen-bond donors (Lipinski definition) is 3. The average Bonchev–Trinajstić information content (AvgIpc) is 3.63. The molecule has 2 heterocycles. The Kier molecular flexibility index (Phi) is 9.88. The fourth-order valence-electron chi connectivity index (χ4n) is 12.2. The summed E-state index contributed by atoms with van der Waals surface area (Å²) in [7, 11) is 6.11. The van der Waals surface area contributed by atoms with E-state index in [-0.39, 0.29) is 47.4 Å². The first kappa shape index (κ1) is 34.6. The Hall–Kier alpha value is -1.84. The number of β-amino-alcohol motifs (C(OH)–C–C–N with tert-alkyl or cyclic N) is 1. The van der Waals surface area contributed by atoms with Gasteiger partial charge in [0.05, 0.1) is 11.5 Å². The van der Waals surface area contributed by atoms with Gasteiger partial charge in [-0.15, -0.1) is 11.6 Å². The first-order valence-corrected chi connectivity index (χ1v) is 19.7. The summed E-state index contributed by atoms with van der Waals surface area (Å²) in [5.41, 5.74) is 0.910. The van der Waals surface area contributed by atoms with E-state index in [9.17, 15) is 19.5 Å². The van der Waals surface area contributed by atoms with E-state index in [0.29, 0.717) is 36.8 Å². The van der Waals surface area contributed by atoms with Crippen LogP contribution in [0.4, 0.5) is 0 Å². The van der Waals surface area contributed by atoms with Gasteiger partial charge in [0.2, 0.25) is 17.7 Å². The van der Waals surface area contributed by atoms with Crippen molar-refractivity contribution in [1.82, 2.24) is 25.3 Å². The molecule has 8 unspecified atom stereocenters. The van der Waals surface area contributed by atoms with Crippen molar-refractivity contribution in [2.45, 2.75) is 132 Å². The number of rotatable bonds is 10. The fourth-order valence-corrected chi connectivity index (χ4v) is 12.6. The highest BCUT2D eigenvalue weighted by Crippen LogP contribution is 2.66. The van der Waals surface area contributed by atoms with Crippen LogP contribution in [0.1, 0.15) is 103 Å². The largest absolute Gasteiger partial charge is 0.391 e. The molecule has 0 aromatic carbocycles. The van der Waals surface area contributed by atoms with Crippen LogP contribution in [0.25, 0.3) is 0 Å². The van der Waals surface area contributed by atoms with Crippen LogP contribution in [-0.2, 0) is 14.4 Å². The summed E-state index contributed by atoms with van der Waals surface area (Å²) >= 11 is 6.71. The van der Waals surface area contributed by atoms with Gasteiger partial charge < -0.3 is 30.4 Å². The standard InChI is InChI=1S/C38H60ClN5O4/c1-42(2)23-37-15-24-12-25(16-37)18-38(17-24,22-37)36(48)44-21-28(45)14-33(44)34(46)41-32(13-27-19-40-31-11-7-5-9-29(27)31)35(47)43(3)20-26-8-4-6-10-30(26)39/h19,24-26,28-33,40,45H,4-18,20-23H2,1-3H3,(H,41,46)/t24?,25?,26?,28-,29?,30?,31?,32?,33?,37?,38?/m1/s1. The number of amides is 3. The fraction of sp³-hybridized carbons (Fsp3) is 0.868. The molecule has 0 aromatic heterocycles. The van der Waals surface area contributed by atoms with Gasteiger partial charge in [0, 0.05) is 50.4 Å². The van der Waals surface area contributed by atoms with Gasteiger partial charge in [-0.1, -0.05) is 25.7 Å². The number of carbonyl (C=O) groups excluding carboxylic acids is 3. The molecule has 2 aliphatic heterocycles. The van der Waals surface area contributed by atoms with E-state index in [1.807, 2.05) is 7.05 Å². The van der Waals surface area contributed by atoms with Crippen molar-refractivity contribution in [3.05, 3.63) is 11.8 Å². The SMILES string of the molecule is CN(C)CC12CC3CC(C1)CC(C(=O)N1C[C@H](O)CC1C(=O)NC(CC1=CNC4CCCCC14)C(=O)N(C)CC1CCCCC1Cl)(C3)C2. The zero-order valence-electron chi connectivity index (χ0n) is 29.6. The van der Waals surface area contributed by atoms with E-state index < -0.39 is 23.6 Å². The first-order chi connectivity index (χ1) is 22.9. The van der Waals surface area contributed by atoms with Crippen molar-refractivity contribution in [3.63, 3.8) is 0 Å². The monoisotopic (exact) mass is 685 g/mol. The van der Waals surface area contributed by atoms with Crippen LogP contribution in [0, 0.1) is 34.5 Å². The van der Waals surface area contributed by atoms with Crippen LogP contribution >= 0.6 is 11.6 Å². The number of carbonyl (C=O) groups is 3. The van der Waals surface area contributed by atoms with Gasteiger partial charge in [0.1, 0.15) is 12.1 Å². The maximum atomic E-state index is 14.7. The summed E-state index contributed by atoms with van der Waals surface area (Å²) in [6.45, 7) is 1.76. The smallest absolute Gasteiger partial charge is 0.245 e. The zero-order valence-corrected chi connectivity index (χ0v) is 30.4. The molecule has 0 aromatic rings. The third kappa shape index (κ3) is 6.78. The second-order valence-electron chi connectivity index (χ2n) is 17.8. The van der Waals surface area contributed by atoms with E-state index in [0.717, 1.165) is 64.3 Å². The number of nitrogens with zero attached hydrogens (tertiary/aromatic N) is 3. The summed E-state index contributed by atoms with van der Waals surface area (Å²) in [4.78, 5) is 49.1. The second kappa shape index (κ2) is 13.7. The molecule has 9 atom stereocenters. The molecule has 6 aliphatic carbocycles. The van der Waals surface area contributed by atoms with Crippen molar-refractivity contribution in [2.75, 3.05) is 40.8 Å². The Morgan fingerprint density at radius 2 is 1.73 bits per heavy atom. The molecule has 8 aliphatic rings. The predicted molar refractivity (Wildman–Crippen MR) is 187 cm³/mol. The van der Waals surface area contributed by atoms with E-state index in [1.54, 1.807) is 9.80 Å². The van der Waals surface area contributed by atoms with Crippen LogP contribution in [0.5, 0.6) is 0 Å². The number of likely N-dealkylation sites (N-methyl/N-ethyl adjacent to an activating group) is 1. The lowest BCUT2D eigenvalue weighted by atomic mass is 9.43. The summed E-state index contributed by atoms with van der Waals surface area (Å²) in [6.07, 6.45) is 17.2. The average molecular weight is 686 g/mol. The van der Waals surface area contributed by atoms with E-state index in [1.165, 1.54) is 37.7 Å². The molecule has 6 saturated carbocycles. The zero-order chi connectivity index (χ0) is 33.8. The van der Waals surface area contributed by atoms with Gasteiger partial charge in [-0.3, -0.25) is 14.4 Å². The number of aliphatic hydroxyl groups is 1. The van der Waals surface area contributed by atoms with Crippen molar-refractivity contribution in [2.24, 2.45) is 34.5 Å². The Bertz CT molecular complexity index is 1250. The molecule has 4 bridgehead atoms. The van der Waals surface area contributed by atoms with Crippen molar-refractivity contribution in [3.8, 4) is 0 Å². The van der Waals surface area contributed by atoms with E-state index in [2.05, 4.69) is 35.8 Å². The van der Waals surface area contributed by atoms with Gasteiger partial charge in [-0.2, -0.15) is 0 Å². The van der Waals surface area contributed by atoms with Gasteiger partial charge in [-0.05, 0) is 120 Å². The maximum Gasteiger partial charge on any atom is 0.245 e. The minimum atomic E-state index is -0.769. The summed E-state index contributed by atoms with van der Waals surface area (Å²) in [5, 5.41) is 17.7. The molecule has 8 rings (SSSR count). The normalized spacial score (nSPS) is 40.7.